The fourth-order valence-electron chi connectivity index (χ4n) is 2.85. The zero-order chi connectivity index (χ0) is 21.7. The number of anilines is 1. The van der Waals surface area contributed by atoms with Crippen molar-refractivity contribution < 1.29 is 14.5 Å². The minimum atomic E-state index is -0.493. The van der Waals surface area contributed by atoms with Crippen LogP contribution in [0.25, 0.3) is 10.9 Å². The van der Waals surface area contributed by atoms with Crippen LogP contribution in [-0.4, -0.2) is 39.9 Å². The Balaban J connectivity index is 1.79. The van der Waals surface area contributed by atoms with Crippen LogP contribution >= 0.6 is 11.8 Å². The van der Waals surface area contributed by atoms with Crippen molar-refractivity contribution in [3.8, 4) is 0 Å². The summed E-state index contributed by atoms with van der Waals surface area (Å²) < 4.78 is 6.57. The van der Waals surface area contributed by atoms with Crippen LogP contribution in [0.4, 0.5) is 11.4 Å². The number of fused-ring (bicyclic) bond motifs is 1. The zero-order valence-corrected chi connectivity index (χ0v) is 17.3. The second-order valence-corrected chi connectivity index (χ2v) is 7.40. The molecule has 0 saturated carbocycles. The highest BCUT2D eigenvalue weighted by Crippen LogP contribution is 2.23. The number of nitro groups is 1. The van der Waals surface area contributed by atoms with Gasteiger partial charge < -0.3 is 10.1 Å². The van der Waals surface area contributed by atoms with Gasteiger partial charge in [0.25, 0.3) is 11.2 Å². The number of nitrogens with one attached hydrogen (secondary N) is 1. The second-order valence-electron chi connectivity index (χ2n) is 6.46. The lowest BCUT2D eigenvalue weighted by molar-refractivity contribution is -0.385. The molecule has 0 aliphatic rings. The van der Waals surface area contributed by atoms with Gasteiger partial charge in [-0.25, -0.2) is 4.98 Å². The summed E-state index contributed by atoms with van der Waals surface area (Å²) in [5.74, 6) is -0.377. The van der Waals surface area contributed by atoms with E-state index < -0.39 is 4.92 Å². The van der Waals surface area contributed by atoms with Crippen molar-refractivity contribution in [3.05, 3.63) is 68.5 Å². The highest BCUT2D eigenvalue weighted by atomic mass is 32.2. The minimum absolute atomic E-state index is 0.0144. The molecule has 3 aromatic rings. The van der Waals surface area contributed by atoms with E-state index in [-0.39, 0.29) is 22.9 Å². The van der Waals surface area contributed by atoms with Crippen molar-refractivity contribution in [3.63, 3.8) is 0 Å². The van der Waals surface area contributed by atoms with E-state index in [4.69, 9.17) is 4.74 Å². The Hall–Kier alpha value is -3.24. The molecule has 0 spiro atoms. The van der Waals surface area contributed by atoms with Crippen LogP contribution < -0.4 is 10.9 Å². The molecule has 1 N–H and O–H groups in total. The first-order valence-corrected chi connectivity index (χ1v) is 10.1. The maximum absolute atomic E-state index is 12.8. The number of hydrogen-bond donors (Lipinski definition) is 1. The molecular formula is C20H20N4O5S. The van der Waals surface area contributed by atoms with E-state index in [2.05, 4.69) is 10.3 Å². The van der Waals surface area contributed by atoms with Crippen LogP contribution in [0.2, 0.25) is 0 Å². The fourth-order valence-corrected chi connectivity index (χ4v) is 3.67. The van der Waals surface area contributed by atoms with Gasteiger partial charge in [0.2, 0.25) is 5.91 Å². The predicted molar refractivity (Wildman–Crippen MR) is 115 cm³/mol. The summed E-state index contributed by atoms with van der Waals surface area (Å²) in [5.41, 5.74) is 1.13. The number of carbonyl (C=O) groups is 1. The van der Waals surface area contributed by atoms with E-state index in [0.717, 1.165) is 11.8 Å². The zero-order valence-electron chi connectivity index (χ0n) is 16.5. The highest BCUT2D eigenvalue weighted by molar-refractivity contribution is 7.99. The monoisotopic (exact) mass is 428 g/mol. The quantitative estimate of drug-likeness (QED) is 0.254. The Morgan fingerprint density at radius 3 is 2.80 bits per heavy atom. The van der Waals surface area contributed by atoms with Gasteiger partial charge in [-0.3, -0.25) is 24.3 Å². The third-order valence-electron chi connectivity index (χ3n) is 4.37. The van der Waals surface area contributed by atoms with Crippen LogP contribution in [-0.2, 0) is 16.1 Å². The van der Waals surface area contributed by atoms with Gasteiger partial charge in [0.1, 0.15) is 0 Å². The summed E-state index contributed by atoms with van der Waals surface area (Å²) in [7, 11) is 1.54. The van der Waals surface area contributed by atoms with Crippen molar-refractivity contribution in [2.45, 2.75) is 18.6 Å². The molecule has 3 rings (SSSR count). The number of methoxy groups -OCH3 is 1. The number of aromatic nitrogens is 2. The Morgan fingerprint density at radius 1 is 1.30 bits per heavy atom. The molecule has 0 saturated heterocycles. The molecule has 156 valence electrons. The number of benzene rings is 2. The molecule has 9 nitrogen and oxygen atoms in total. The van der Waals surface area contributed by atoms with Crippen molar-refractivity contribution >= 4 is 39.9 Å². The Morgan fingerprint density at radius 2 is 2.07 bits per heavy atom. The molecule has 1 amide bonds. The Bertz CT molecular complexity index is 1160. The van der Waals surface area contributed by atoms with Crippen LogP contribution in [0.3, 0.4) is 0 Å². The molecule has 10 heteroatoms. The molecule has 0 radical (unpaired) electrons. The van der Waals surface area contributed by atoms with Gasteiger partial charge in [-0.2, -0.15) is 0 Å². The van der Waals surface area contributed by atoms with Crippen molar-refractivity contribution in [1.29, 1.82) is 0 Å². The molecule has 0 bridgehead atoms. The van der Waals surface area contributed by atoms with Crippen LogP contribution in [0, 0.1) is 17.0 Å². The van der Waals surface area contributed by atoms with E-state index in [1.54, 1.807) is 50.4 Å². The number of nitrogens with zero attached hydrogens (tertiary/aromatic N) is 3. The maximum atomic E-state index is 12.8. The third-order valence-corrected chi connectivity index (χ3v) is 5.34. The Kier molecular flexibility index (Phi) is 6.80. The SMILES string of the molecule is COCCn1c(SCC(=O)Nc2ccc(C)c([N+](=O)[O-])c2)nc2ccccc2c1=O. The summed E-state index contributed by atoms with van der Waals surface area (Å²) in [4.78, 5) is 40.3. The number of rotatable bonds is 8. The van der Waals surface area contributed by atoms with Gasteiger partial charge in [0.05, 0.1) is 34.7 Å². The highest BCUT2D eigenvalue weighted by Gasteiger charge is 2.15. The number of nitro benzene ring substituents is 1. The smallest absolute Gasteiger partial charge is 0.274 e. The Labute approximate surface area is 176 Å². The van der Waals surface area contributed by atoms with Gasteiger partial charge in [-0.1, -0.05) is 30.0 Å². The summed E-state index contributed by atoms with van der Waals surface area (Å²) in [5, 5.41) is 14.6. The molecule has 1 aromatic heterocycles. The first-order valence-electron chi connectivity index (χ1n) is 9.07. The minimum Gasteiger partial charge on any atom is -0.383 e. The second kappa shape index (κ2) is 9.51. The molecule has 0 fully saturated rings. The fraction of sp³-hybridized carbons (Fsp3) is 0.250. The topological polar surface area (TPSA) is 116 Å². The number of ether oxygens (including phenoxy) is 1. The molecule has 0 atom stereocenters. The van der Waals surface area contributed by atoms with Crippen LogP contribution in [0.5, 0.6) is 0 Å². The first-order chi connectivity index (χ1) is 14.4. The van der Waals surface area contributed by atoms with Crippen LogP contribution in [0.15, 0.2) is 52.4 Å². The molecule has 2 aromatic carbocycles. The van der Waals surface area contributed by atoms with Crippen LogP contribution in [0.1, 0.15) is 5.56 Å². The van der Waals surface area contributed by atoms with E-state index in [1.165, 1.54) is 10.6 Å². The van der Waals surface area contributed by atoms with E-state index in [9.17, 15) is 19.7 Å². The number of para-hydroxylation sites is 1. The van der Waals surface area contributed by atoms with Gasteiger partial charge in [-0.05, 0) is 25.1 Å². The molecule has 0 unspecified atom stereocenters. The number of thioether (sulfide) groups is 1. The maximum Gasteiger partial charge on any atom is 0.274 e. The lowest BCUT2D eigenvalue weighted by Gasteiger charge is -2.13. The number of aryl methyl sites for hydroxylation is 1. The normalized spacial score (nSPS) is 10.9. The number of amides is 1. The summed E-state index contributed by atoms with van der Waals surface area (Å²) in [6.45, 7) is 2.26. The van der Waals surface area contributed by atoms with E-state index >= 15 is 0 Å². The predicted octanol–water partition coefficient (Wildman–Crippen LogP) is 2.99. The molecule has 0 aliphatic carbocycles. The van der Waals surface area contributed by atoms with Crippen molar-refractivity contribution in [2.75, 3.05) is 24.8 Å². The molecule has 1 heterocycles. The largest absolute Gasteiger partial charge is 0.383 e. The molecule has 0 aliphatic heterocycles. The molecule has 30 heavy (non-hydrogen) atoms. The van der Waals surface area contributed by atoms with E-state index in [1.807, 2.05) is 0 Å². The van der Waals surface area contributed by atoms with E-state index in [0.29, 0.717) is 40.5 Å². The summed E-state index contributed by atoms with van der Waals surface area (Å²) in [6, 6.07) is 11.5. The standard InChI is InChI=1S/C20H20N4O5S/c1-13-7-8-14(11-17(13)24(27)28)21-18(25)12-30-20-22-16-6-4-3-5-15(16)19(26)23(20)9-10-29-2/h3-8,11H,9-10,12H2,1-2H3,(H,21,25). The van der Waals surface area contributed by atoms with Gasteiger partial charge in [0, 0.05) is 24.4 Å². The van der Waals surface area contributed by atoms with Gasteiger partial charge >= 0.3 is 0 Å². The first kappa shape index (κ1) is 21.5. The number of carbonyl (C=O) groups excluding carboxylic acids is 1. The van der Waals surface area contributed by atoms with Gasteiger partial charge in [0.15, 0.2) is 5.16 Å². The summed E-state index contributed by atoms with van der Waals surface area (Å²) in [6.07, 6.45) is 0. The lowest BCUT2D eigenvalue weighted by atomic mass is 10.2. The lowest BCUT2D eigenvalue weighted by Crippen LogP contribution is -2.26. The number of hydrogen-bond acceptors (Lipinski definition) is 7. The third kappa shape index (κ3) is 4.84. The average molecular weight is 428 g/mol. The van der Waals surface area contributed by atoms with Crippen molar-refractivity contribution in [1.82, 2.24) is 9.55 Å². The van der Waals surface area contributed by atoms with Crippen molar-refractivity contribution in [2.24, 2.45) is 0 Å². The molecular weight excluding hydrogens is 408 g/mol. The average Bonchev–Trinajstić information content (AvgIpc) is 2.73. The van der Waals surface area contributed by atoms with Gasteiger partial charge in [-0.15, -0.1) is 0 Å². The summed E-state index contributed by atoms with van der Waals surface area (Å²) >= 11 is 1.12.